The lowest BCUT2D eigenvalue weighted by atomic mass is 10.4. The van der Waals surface area contributed by atoms with Crippen molar-refractivity contribution in [2.45, 2.75) is 45.7 Å². The topological polar surface area (TPSA) is 41.3 Å². The zero-order valence-corrected chi connectivity index (χ0v) is 10.2. The van der Waals surface area contributed by atoms with E-state index in [1.807, 2.05) is 0 Å². The predicted molar refractivity (Wildman–Crippen MR) is 64.5 cm³/mol. The average molecular weight is 223 g/mol. The maximum absolute atomic E-state index is 5.52. The number of rotatable bonds is 7. The molecule has 0 bridgehead atoms. The second-order valence-corrected chi connectivity index (χ2v) is 4.32. The van der Waals surface area contributed by atoms with E-state index in [9.17, 15) is 0 Å². The van der Waals surface area contributed by atoms with E-state index >= 15 is 0 Å². The number of nitrogens with zero attached hydrogens (tertiary/aromatic N) is 2. The fourth-order valence-electron chi connectivity index (χ4n) is 1.84. The Labute approximate surface area is 97.0 Å². The van der Waals surface area contributed by atoms with Gasteiger partial charge in [0.1, 0.15) is 6.26 Å². The second-order valence-electron chi connectivity index (χ2n) is 4.32. The molecule has 0 spiro atoms. The lowest BCUT2D eigenvalue weighted by Crippen LogP contribution is -2.25. The summed E-state index contributed by atoms with van der Waals surface area (Å²) in [6.07, 6.45) is 5.47. The first-order chi connectivity index (χ1) is 7.85. The van der Waals surface area contributed by atoms with Gasteiger partial charge in [0, 0.05) is 19.1 Å². The number of anilines is 1. The fraction of sp³-hybridized carbons (Fsp3) is 0.750. The summed E-state index contributed by atoms with van der Waals surface area (Å²) in [7, 11) is 0. The van der Waals surface area contributed by atoms with Crippen LogP contribution < -0.4 is 10.2 Å². The monoisotopic (exact) mass is 223 g/mol. The van der Waals surface area contributed by atoms with Gasteiger partial charge in [-0.15, -0.1) is 0 Å². The molecule has 4 nitrogen and oxygen atoms in total. The van der Waals surface area contributed by atoms with Crippen LogP contribution in [-0.2, 0) is 6.54 Å². The van der Waals surface area contributed by atoms with Crippen LogP contribution in [0.25, 0.3) is 0 Å². The highest BCUT2D eigenvalue weighted by molar-refractivity contribution is 5.31. The highest BCUT2D eigenvalue weighted by Crippen LogP contribution is 2.30. The molecule has 1 fully saturated rings. The van der Waals surface area contributed by atoms with Crippen LogP contribution in [0.15, 0.2) is 10.7 Å². The summed E-state index contributed by atoms with van der Waals surface area (Å²) >= 11 is 0. The molecule has 1 aliphatic rings. The first-order valence-corrected chi connectivity index (χ1v) is 6.27. The first kappa shape index (κ1) is 11.5. The van der Waals surface area contributed by atoms with Gasteiger partial charge in [-0.05, 0) is 32.7 Å². The molecule has 90 valence electrons. The fourth-order valence-corrected chi connectivity index (χ4v) is 1.84. The van der Waals surface area contributed by atoms with Gasteiger partial charge in [-0.3, -0.25) is 0 Å². The molecule has 0 amide bonds. The Kier molecular flexibility index (Phi) is 3.83. The molecule has 1 saturated carbocycles. The van der Waals surface area contributed by atoms with Gasteiger partial charge in [-0.1, -0.05) is 6.92 Å². The average Bonchev–Trinajstić information content (AvgIpc) is 3.01. The first-order valence-electron chi connectivity index (χ1n) is 6.27. The molecule has 2 rings (SSSR count). The molecule has 16 heavy (non-hydrogen) atoms. The van der Waals surface area contributed by atoms with E-state index in [-0.39, 0.29) is 0 Å². The Hall–Kier alpha value is -1.03. The van der Waals surface area contributed by atoms with E-state index in [0.29, 0.717) is 6.04 Å². The molecule has 0 saturated heterocycles. The summed E-state index contributed by atoms with van der Waals surface area (Å²) in [6, 6.07) is 1.46. The Balaban J connectivity index is 1.90. The number of nitrogens with one attached hydrogen (secondary N) is 1. The Bertz CT molecular complexity index is 320. The summed E-state index contributed by atoms with van der Waals surface area (Å²) in [4.78, 5) is 6.76. The highest BCUT2D eigenvalue weighted by atomic mass is 16.4. The van der Waals surface area contributed by atoms with Crippen LogP contribution >= 0.6 is 0 Å². The molecule has 1 heterocycles. The van der Waals surface area contributed by atoms with Gasteiger partial charge in [0.15, 0.2) is 0 Å². The molecule has 0 aromatic carbocycles. The maximum Gasteiger partial charge on any atom is 0.297 e. The summed E-state index contributed by atoms with van der Waals surface area (Å²) < 4.78 is 5.52. The van der Waals surface area contributed by atoms with E-state index < -0.39 is 0 Å². The minimum atomic E-state index is 0.667. The highest BCUT2D eigenvalue weighted by Gasteiger charge is 2.30. The summed E-state index contributed by atoms with van der Waals surface area (Å²) in [5.41, 5.74) is 1.00. The molecule has 1 aromatic heterocycles. The van der Waals surface area contributed by atoms with Crippen LogP contribution in [0.1, 0.15) is 38.8 Å². The van der Waals surface area contributed by atoms with Crippen molar-refractivity contribution in [3.8, 4) is 0 Å². The van der Waals surface area contributed by atoms with Crippen LogP contribution in [0.4, 0.5) is 6.01 Å². The zero-order chi connectivity index (χ0) is 11.4. The Morgan fingerprint density at radius 2 is 2.31 bits per heavy atom. The third kappa shape index (κ3) is 2.76. The number of oxazole rings is 1. The van der Waals surface area contributed by atoms with E-state index in [1.54, 1.807) is 6.26 Å². The van der Waals surface area contributed by atoms with Crippen molar-refractivity contribution >= 4 is 6.01 Å². The molecule has 1 aromatic rings. The largest absolute Gasteiger partial charge is 0.432 e. The van der Waals surface area contributed by atoms with Crippen LogP contribution in [0.2, 0.25) is 0 Å². The van der Waals surface area contributed by atoms with Gasteiger partial charge in [0.25, 0.3) is 6.01 Å². The van der Waals surface area contributed by atoms with Crippen LogP contribution in [-0.4, -0.2) is 24.1 Å². The van der Waals surface area contributed by atoms with Crippen LogP contribution in [0, 0.1) is 0 Å². The van der Waals surface area contributed by atoms with Gasteiger partial charge in [-0.25, -0.2) is 0 Å². The normalized spacial score (nSPS) is 15.4. The van der Waals surface area contributed by atoms with Crippen molar-refractivity contribution in [2.75, 3.05) is 18.0 Å². The number of hydrogen-bond acceptors (Lipinski definition) is 4. The lowest BCUT2D eigenvalue weighted by Gasteiger charge is -2.16. The Morgan fingerprint density at radius 1 is 1.50 bits per heavy atom. The van der Waals surface area contributed by atoms with Crippen molar-refractivity contribution in [3.63, 3.8) is 0 Å². The molecule has 0 aliphatic heterocycles. The molecule has 0 radical (unpaired) electrons. The van der Waals surface area contributed by atoms with Gasteiger partial charge in [0.2, 0.25) is 0 Å². The molecular weight excluding hydrogens is 202 g/mol. The van der Waals surface area contributed by atoms with Crippen molar-refractivity contribution < 1.29 is 4.42 Å². The Morgan fingerprint density at radius 3 is 2.94 bits per heavy atom. The summed E-state index contributed by atoms with van der Waals surface area (Å²) in [5.74, 6) is 0. The van der Waals surface area contributed by atoms with Crippen molar-refractivity contribution in [1.29, 1.82) is 0 Å². The molecule has 0 atom stereocenters. The molecule has 0 unspecified atom stereocenters. The molecule has 1 N–H and O–H groups in total. The van der Waals surface area contributed by atoms with Crippen molar-refractivity contribution in [3.05, 3.63) is 12.0 Å². The van der Waals surface area contributed by atoms with E-state index in [4.69, 9.17) is 4.42 Å². The molecule has 1 aliphatic carbocycles. The van der Waals surface area contributed by atoms with Crippen LogP contribution in [0.5, 0.6) is 0 Å². The number of hydrogen-bond donors (Lipinski definition) is 1. The zero-order valence-electron chi connectivity index (χ0n) is 10.2. The SMILES string of the molecule is CCCNCc1coc(N(CC)C2CC2)n1. The van der Waals surface area contributed by atoms with E-state index in [1.165, 1.54) is 12.8 Å². The van der Waals surface area contributed by atoms with Gasteiger partial charge in [0.05, 0.1) is 5.69 Å². The van der Waals surface area contributed by atoms with Crippen LogP contribution in [0.3, 0.4) is 0 Å². The minimum absolute atomic E-state index is 0.667. The summed E-state index contributed by atoms with van der Waals surface area (Å²) in [6.45, 7) is 7.12. The third-order valence-electron chi connectivity index (χ3n) is 2.85. The van der Waals surface area contributed by atoms with E-state index in [0.717, 1.165) is 37.8 Å². The van der Waals surface area contributed by atoms with Gasteiger partial charge in [-0.2, -0.15) is 4.98 Å². The van der Waals surface area contributed by atoms with Crippen molar-refractivity contribution in [2.24, 2.45) is 0 Å². The van der Waals surface area contributed by atoms with Gasteiger partial charge < -0.3 is 14.6 Å². The summed E-state index contributed by atoms with van der Waals surface area (Å²) in [5, 5.41) is 3.33. The number of aromatic nitrogens is 1. The predicted octanol–water partition coefficient (Wildman–Crippen LogP) is 2.16. The van der Waals surface area contributed by atoms with E-state index in [2.05, 4.69) is 29.0 Å². The third-order valence-corrected chi connectivity index (χ3v) is 2.85. The standard InChI is InChI=1S/C12H21N3O/c1-3-7-13-8-10-9-16-12(14-10)15(4-2)11-5-6-11/h9,11,13H,3-8H2,1-2H3. The maximum atomic E-state index is 5.52. The van der Waals surface area contributed by atoms with Crippen molar-refractivity contribution in [1.82, 2.24) is 10.3 Å². The second kappa shape index (κ2) is 5.34. The van der Waals surface area contributed by atoms with Gasteiger partial charge >= 0.3 is 0 Å². The molecular formula is C12H21N3O. The molecule has 4 heteroatoms. The minimum Gasteiger partial charge on any atom is -0.432 e. The smallest absolute Gasteiger partial charge is 0.297 e. The lowest BCUT2D eigenvalue weighted by molar-refractivity contribution is 0.532. The quantitative estimate of drug-likeness (QED) is 0.719.